The zero-order chi connectivity index (χ0) is 8.81. The molecule has 0 aromatic heterocycles. The van der Waals surface area contributed by atoms with Crippen LogP contribution in [0.25, 0.3) is 0 Å². The van der Waals surface area contributed by atoms with Crippen LogP contribution < -0.4 is 4.43 Å². The molecule has 0 unspecified atom stereocenters. The molecule has 1 rings (SSSR count). The standard InChI is InChI=1S/C6H5.C3H5O2.Al/c1-2-4-6-5-3-1;1-2-3(4)5;/h1-5H;1-2H2,(H,4,5);/q;;+1. The van der Waals surface area contributed by atoms with E-state index in [0.717, 1.165) is 5.28 Å². The first-order chi connectivity index (χ1) is 5.79. The Labute approximate surface area is 77.9 Å². The van der Waals surface area contributed by atoms with Crippen LogP contribution in [-0.4, -0.2) is 26.3 Å². The second-order valence-corrected chi connectivity index (χ2v) is 4.20. The number of benzene rings is 1. The molecule has 3 heteroatoms. The van der Waals surface area contributed by atoms with Crippen LogP contribution in [0.15, 0.2) is 30.3 Å². The van der Waals surface area contributed by atoms with Gasteiger partial charge in [-0.1, -0.05) is 0 Å². The molecule has 60 valence electrons. The summed E-state index contributed by atoms with van der Waals surface area (Å²) in [5.41, 5.74) is 0. The van der Waals surface area contributed by atoms with Crippen molar-refractivity contribution in [1.29, 1.82) is 0 Å². The monoisotopic (exact) mass is 177 g/mol. The fraction of sp³-hybridized carbons (Fsp3) is 0.222. The molecule has 2 nitrogen and oxygen atoms in total. The quantitative estimate of drug-likeness (QED) is 0.694. The summed E-state index contributed by atoms with van der Waals surface area (Å²) in [5.74, 6) is -0.696. The summed E-state index contributed by atoms with van der Waals surface area (Å²) < 4.78 is 1.29. The Morgan fingerprint density at radius 1 is 1.33 bits per heavy atom. The molecule has 0 aliphatic rings. The Kier molecular flexibility index (Phi) is 3.86. The number of hydrogen-bond donors (Lipinski definition) is 1. The molecule has 0 atom stereocenters. The van der Waals surface area contributed by atoms with Crippen LogP contribution in [0.2, 0.25) is 5.28 Å². The summed E-state index contributed by atoms with van der Waals surface area (Å²) in [7, 11) is 0. The second-order valence-electron chi connectivity index (χ2n) is 2.55. The molecule has 0 amide bonds. The second kappa shape index (κ2) is 4.97. The molecule has 0 heterocycles. The van der Waals surface area contributed by atoms with Crippen molar-refractivity contribution in [2.75, 3.05) is 0 Å². The van der Waals surface area contributed by atoms with Gasteiger partial charge in [-0.25, -0.2) is 0 Å². The average Bonchev–Trinajstić information content (AvgIpc) is 2.05. The van der Waals surface area contributed by atoms with Crippen molar-refractivity contribution >= 4 is 25.6 Å². The molecule has 0 bridgehead atoms. The average molecular weight is 177 g/mol. The summed E-state index contributed by atoms with van der Waals surface area (Å²) in [6, 6.07) is 10.1. The van der Waals surface area contributed by atoms with Gasteiger partial charge in [0.1, 0.15) is 0 Å². The Hall–Kier alpha value is -0.778. The fourth-order valence-electron chi connectivity index (χ4n) is 0.951. The van der Waals surface area contributed by atoms with Crippen LogP contribution in [0.1, 0.15) is 6.42 Å². The van der Waals surface area contributed by atoms with Crippen LogP contribution >= 0.6 is 0 Å². The van der Waals surface area contributed by atoms with E-state index in [1.165, 1.54) is 4.43 Å². The van der Waals surface area contributed by atoms with Crippen LogP contribution in [0, 0.1) is 0 Å². The van der Waals surface area contributed by atoms with Gasteiger partial charge in [-0.3, -0.25) is 0 Å². The molecule has 0 spiro atoms. The first-order valence-corrected chi connectivity index (χ1v) is 5.28. The normalized spacial score (nSPS) is 9.00. The predicted octanol–water partition coefficient (Wildman–Crippen LogP) is 0.909. The predicted molar refractivity (Wildman–Crippen MR) is 48.9 cm³/mol. The third-order valence-corrected chi connectivity index (χ3v) is 2.97. The molecule has 0 fully saturated rings. The number of rotatable bonds is 4. The van der Waals surface area contributed by atoms with E-state index in [9.17, 15) is 4.79 Å². The van der Waals surface area contributed by atoms with Gasteiger partial charge in [0.25, 0.3) is 0 Å². The van der Waals surface area contributed by atoms with Crippen molar-refractivity contribution in [2.45, 2.75) is 11.7 Å². The molecule has 0 aliphatic carbocycles. The van der Waals surface area contributed by atoms with E-state index in [-0.39, 0.29) is 15.2 Å². The van der Waals surface area contributed by atoms with Crippen molar-refractivity contribution in [1.82, 2.24) is 0 Å². The fourth-order valence-corrected chi connectivity index (χ4v) is 2.17. The minimum absolute atomic E-state index is 0.141. The molecular formula is C9H10AlO2+. The summed E-state index contributed by atoms with van der Waals surface area (Å²) in [5, 5.41) is 9.21. The zero-order valence-electron chi connectivity index (χ0n) is 6.73. The van der Waals surface area contributed by atoms with Gasteiger partial charge in [-0.15, -0.1) is 0 Å². The number of hydrogen-bond acceptors (Lipinski definition) is 1. The van der Waals surface area contributed by atoms with Crippen molar-refractivity contribution in [2.24, 2.45) is 0 Å². The third-order valence-electron chi connectivity index (χ3n) is 1.54. The molecule has 1 aromatic rings. The van der Waals surface area contributed by atoms with Crippen molar-refractivity contribution in [3.8, 4) is 0 Å². The van der Waals surface area contributed by atoms with E-state index >= 15 is 0 Å². The van der Waals surface area contributed by atoms with E-state index in [1.807, 2.05) is 18.2 Å². The molecule has 0 aliphatic heterocycles. The van der Waals surface area contributed by atoms with Gasteiger partial charge in [0.05, 0.1) is 0 Å². The topological polar surface area (TPSA) is 37.3 Å². The van der Waals surface area contributed by atoms with E-state index in [0.29, 0.717) is 6.42 Å². The molecule has 0 saturated heterocycles. The number of aliphatic carboxylic acids is 1. The first-order valence-electron chi connectivity index (χ1n) is 3.89. The van der Waals surface area contributed by atoms with Crippen LogP contribution in [0.3, 0.4) is 0 Å². The number of carboxylic acid groups (broad SMARTS) is 1. The van der Waals surface area contributed by atoms with Crippen LogP contribution in [-0.2, 0) is 4.79 Å². The van der Waals surface area contributed by atoms with E-state index in [1.54, 1.807) is 0 Å². The molecule has 1 aromatic carbocycles. The summed E-state index contributed by atoms with van der Waals surface area (Å²) >= 11 is 0.141. The minimum atomic E-state index is -0.696. The first kappa shape index (κ1) is 9.31. The Bertz CT molecular complexity index is 246. The van der Waals surface area contributed by atoms with Gasteiger partial charge >= 0.3 is 77.6 Å². The molecular weight excluding hydrogens is 167 g/mol. The van der Waals surface area contributed by atoms with Gasteiger partial charge < -0.3 is 0 Å². The molecule has 0 saturated carbocycles. The van der Waals surface area contributed by atoms with E-state index in [2.05, 4.69) is 12.1 Å². The van der Waals surface area contributed by atoms with E-state index < -0.39 is 5.97 Å². The van der Waals surface area contributed by atoms with Crippen molar-refractivity contribution in [3.63, 3.8) is 0 Å². The van der Waals surface area contributed by atoms with Crippen LogP contribution in [0.5, 0.6) is 0 Å². The number of carbonyl (C=O) groups is 1. The molecule has 1 N–H and O–H groups in total. The molecule has 0 radical (unpaired) electrons. The maximum atomic E-state index is 10.2. The Morgan fingerprint density at radius 3 is 2.58 bits per heavy atom. The van der Waals surface area contributed by atoms with Crippen molar-refractivity contribution in [3.05, 3.63) is 30.3 Å². The summed E-state index contributed by atoms with van der Waals surface area (Å²) in [4.78, 5) is 10.2. The van der Waals surface area contributed by atoms with Gasteiger partial charge in [-0.2, -0.15) is 0 Å². The van der Waals surface area contributed by atoms with Gasteiger partial charge in [0.15, 0.2) is 0 Å². The third kappa shape index (κ3) is 3.57. The van der Waals surface area contributed by atoms with Gasteiger partial charge in [0.2, 0.25) is 0 Å². The number of carboxylic acids is 1. The van der Waals surface area contributed by atoms with Crippen LogP contribution in [0.4, 0.5) is 0 Å². The Balaban J connectivity index is 2.29. The Morgan fingerprint density at radius 2 is 2.00 bits per heavy atom. The van der Waals surface area contributed by atoms with Crippen molar-refractivity contribution < 1.29 is 9.90 Å². The van der Waals surface area contributed by atoms with E-state index in [4.69, 9.17) is 5.11 Å². The summed E-state index contributed by atoms with van der Waals surface area (Å²) in [6.07, 6.45) is 0.296. The zero-order valence-corrected chi connectivity index (χ0v) is 7.89. The maximum absolute atomic E-state index is 10.2. The van der Waals surface area contributed by atoms with Gasteiger partial charge in [-0.05, 0) is 0 Å². The summed E-state index contributed by atoms with van der Waals surface area (Å²) in [6.45, 7) is 0. The SMILES string of the molecule is O=C(O)C[CH2][Al+][c]1ccccc1. The molecule has 12 heavy (non-hydrogen) atoms. The van der Waals surface area contributed by atoms with Gasteiger partial charge in [0, 0.05) is 0 Å².